The standard InChI is InChI=1S/C50H32BN3O3.Pt/c1-31-12-10-13-32(2)49(31)54-42-19-9-8-18-41(42)53-50(54)35-22-24-43-39(28-35)51-40-30-36(23-25-44(40)57-46-21-11-20-45(56-43)48(46)51)55-47-29-34(26-27-52-47)38-17-7-6-16-37(38)33-14-4-3-5-15-33;/h3-27,29H,1-2H3;/q-2;+2. The van der Waals surface area contributed by atoms with Gasteiger partial charge in [0, 0.05) is 40.7 Å². The van der Waals surface area contributed by atoms with Crippen LogP contribution in [0.3, 0.4) is 0 Å². The van der Waals surface area contributed by atoms with Crippen LogP contribution in [-0.2, 0) is 21.1 Å². The molecule has 9 aromatic rings. The number of para-hydroxylation sites is 3. The topological polar surface area (TPSA) is 58.4 Å². The minimum absolute atomic E-state index is 0. The number of nitrogens with zero attached hydrogens (tertiary/aromatic N) is 3. The van der Waals surface area contributed by atoms with Crippen molar-refractivity contribution in [3.8, 4) is 74.0 Å². The van der Waals surface area contributed by atoms with Gasteiger partial charge in [0.05, 0.1) is 16.9 Å². The quantitative estimate of drug-likeness (QED) is 0.123. The zero-order valence-electron chi connectivity index (χ0n) is 31.5. The van der Waals surface area contributed by atoms with Crippen LogP contribution < -0.4 is 30.6 Å². The molecule has 0 unspecified atom stereocenters. The molecular formula is C50H32BN3O3Pt. The number of imidazole rings is 1. The summed E-state index contributed by atoms with van der Waals surface area (Å²) in [5.41, 5.74) is 13.3. The van der Waals surface area contributed by atoms with Crippen LogP contribution in [0.5, 0.6) is 34.6 Å². The summed E-state index contributed by atoms with van der Waals surface area (Å²) >= 11 is 0. The first kappa shape index (κ1) is 35.7. The number of hydrogen-bond acceptors (Lipinski definition) is 5. The van der Waals surface area contributed by atoms with E-state index in [1.807, 2.05) is 60.7 Å². The zero-order chi connectivity index (χ0) is 38.0. The van der Waals surface area contributed by atoms with E-state index in [0.717, 1.165) is 84.0 Å². The molecule has 11 rings (SSSR count). The van der Waals surface area contributed by atoms with Crippen LogP contribution in [0.15, 0.2) is 158 Å². The summed E-state index contributed by atoms with van der Waals surface area (Å²) < 4.78 is 21.9. The molecule has 8 heteroatoms. The van der Waals surface area contributed by atoms with Crippen molar-refractivity contribution in [2.75, 3.05) is 0 Å². The van der Waals surface area contributed by atoms with Gasteiger partial charge in [0.25, 0.3) is 0 Å². The van der Waals surface area contributed by atoms with Gasteiger partial charge in [0.2, 0.25) is 12.6 Å². The molecule has 6 nitrogen and oxygen atoms in total. The Kier molecular flexibility index (Phi) is 8.84. The van der Waals surface area contributed by atoms with Crippen molar-refractivity contribution in [3.63, 3.8) is 0 Å². The molecule has 278 valence electrons. The van der Waals surface area contributed by atoms with Gasteiger partial charge in [0.15, 0.2) is 0 Å². The maximum atomic E-state index is 6.57. The Labute approximate surface area is 351 Å². The molecule has 0 saturated carbocycles. The van der Waals surface area contributed by atoms with E-state index in [-0.39, 0.29) is 27.8 Å². The smallest absolute Gasteiger partial charge is 0.518 e. The monoisotopic (exact) mass is 928 g/mol. The van der Waals surface area contributed by atoms with E-state index in [9.17, 15) is 0 Å². The van der Waals surface area contributed by atoms with E-state index in [1.54, 1.807) is 6.20 Å². The van der Waals surface area contributed by atoms with Gasteiger partial charge in [-0.25, -0.2) is 4.98 Å². The van der Waals surface area contributed by atoms with E-state index in [4.69, 9.17) is 19.2 Å². The fourth-order valence-corrected chi connectivity index (χ4v) is 8.37. The summed E-state index contributed by atoms with van der Waals surface area (Å²) in [5.74, 6) is 4.71. The SMILES string of the molecule is Cc1cccc(C)c1-n1c(-c2[c-]c3c(cc2)Oc2cccc4c2B3c2[c-]c(Oc3cc(-c5ccccc5-c5ccccc5)ccn3)ccc2O4)nc2ccccc21.[Pt+2]. The number of pyridine rings is 1. The first-order valence-electron chi connectivity index (χ1n) is 19.0. The average molecular weight is 929 g/mol. The summed E-state index contributed by atoms with van der Waals surface area (Å²) in [7, 11) is 0. The van der Waals surface area contributed by atoms with Crippen LogP contribution in [0, 0.1) is 26.0 Å². The van der Waals surface area contributed by atoms with E-state index < -0.39 is 0 Å². The Hall–Kier alpha value is -6.69. The van der Waals surface area contributed by atoms with Gasteiger partial charge in [-0.1, -0.05) is 91.0 Å². The average Bonchev–Trinajstić information content (AvgIpc) is 3.63. The van der Waals surface area contributed by atoms with E-state index in [0.29, 0.717) is 17.4 Å². The summed E-state index contributed by atoms with van der Waals surface area (Å²) in [6.45, 7) is 4.00. The number of aryl methyl sites for hydroxylation is 2. The van der Waals surface area contributed by atoms with E-state index in [2.05, 4.69) is 127 Å². The second kappa shape index (κ2) is 14.4. The summed E-state index contributed by atoms with van der Waals surface area (Å²) in [5, 5.41) is 0. The molecule has 0 atom stereocenters. The van der Waals surface area contributed by atoms with Crippen molar-refractivity contribution in [2.24, 2.45) is 0 Å². The molecule has 0 aliphatic carbocycles. The molecule has 2 aromatic heterocycles. The van der Waals surface area contributed by atoms with Crippen LogP contribution >= 0.6 is 0 Å². The first-order chi connectivity index (χ1) is 28.1. The molecule has 58 heavy (non-hydrogen) atoms. The molecule has 0 bridgehead atoms. The Morgan fingerprint density at radius 1 is 0.603 bits per heavy atom. The first-order valence-corrected chi connectivity index (χ1v) is 19.0. The number of ether oxygens (including phenoxy) is 3. The van der Waals surface area contributed by atoms with Crippen LogP contribution in [0.25, 0.3) is 50.4 Å². The summed E-state index contributed by atoms with van der Waals surface area (Å²) in [6, 6.07) is 58.7. The number of fused-ring (bicyclic) bond motifs is 5. The fourth-order valence-electron chi connectivity index (χ4n) is 8.37. The van der Waals surface area contributed by atoms with Gasteiger partial charge >= 0.3 is 21.1 Å². The van der Waals surface area contributed by atoms with Crippen molar-refractivity contribution in [3.05, 3.63) is 181 Å². The largest absolute Gasteiger partial charge is 2.00 e. The third-order valence-electron chi connectivity index (χ3n) is 10.9. The normalized spacial score (nSPS) is 12.1. The van der Waals surface area contributed by atoms with Crippen molar-refractivity contribution in [2.45, 2.75) is 13.8 Å². The van der Waals surface area contributed by atoms with Crippen molar-refractivity contribution >= 4 is 34.1 Å². The summed E-state index contributed by atoms with van der Waals surface area (Å²) in [4.78, 5) is 9.82. The van der Waals surface area contributed by atoms with Crippen LogP contribution in [0.2, 0.25) is 0 Å². The van der Waals surface area contributed by atoms with E-state index >= 15 is 0 Å². The maximum Gasteiger partial charge on any atom is 2.00 e. The van der Waals surface area contributed by atoms with Gasteiger partial charge in [-0.05, 0) is 77.6 Å². The van der Waals surface area contributed by atoms with Gasteiger partial charge in [-0.2, -0.15) is 0 Å². The second-order valence-corrected chi connectivity index (χ2v) is 14.5. The Bertz CT molecular complexity index is 3020. The molecule has 0 fully saturated rings. The molecule has 0 saturated heterocycles. The maximum absolute atomic E-state index is 6.57. The van der Waals surface area contributed by atoms with Crippen molar-refractivity contribution in [1.29, 1.82) is 0 Å². The predicted molar refractivity (Wildman–Crippen MR) is 227 cm³/mol. The molecule has 7 aromatic carbocycles. The predicted octanol–water partition coefficient (Wildman–Crippen LogP) is 10.2. The molecule has 0 spiro atoms. The van der Waals surface area contributed by atoms with Crippen LogP contribution in [0.1, 0.15) is 11.1 Å². The second-order valence-electron chi connectivity index (χ2n) is 14.5. The minimum Gasteiger partial charge on any atom is -0.518 e. The third kappa shape index (κ3) is 5.93. The van der Waals surface area contributed by atoms with Gasteiger partial charge in [0.1, 0.15) is 11.5 Å². The van der Waals surface area contributed by atoms with E-state index in [1.165, 1.54) is 11.1 Å². The molecular weight excluding hydrogens is 896 g/mol. The van der Waals surface area contributed by atoms with Crippen LogP contribution in [0.4, 0.5) is 0 Å². The van der Waals surface area contributed by atoms with Gasteiger partial charge in [-0.3, -0.25) is 4.98 Å². The van der Waals surface area contributed by atoms with Crippen molar-refractivity contribution in [1.82, 2.24) is 14.5 Å². The Balaban J connectivity index is 0.00000408. The molecule has 2 aliphatic rings. The van der Waals surface area contributed by atoms with Gasteiger partial charge in [-0.15, -0.1) is 52.9 Å². The number of benzene rings is 7. The molecule has 4 heterocycles. The molecule has 0 radical (unpaired) electrons. The molecule has 0 amide bonds. The summed E-state index contributed by atoms with van der Waals surface area (Å²) in [6.07, 6.45) is 1.79. The van der Waals surface area contributed by atoms with Crippen molar-refractivity contribution < 1.29 is 35.3 Å². The fraction of sp³-hybridized carbons (Fsp3) is 0.0400. The third-order valence-corrected chi connectivity index (χ3v) is 10.9. The molecule has 0 N–H and O–H groups in total. The van der Waals surface area contributed by atoms with Crippen LogP contribution in [-0.4, -0.2) is 21.2 Å². The number of hydrogen-bond donors (Lipinski definition) is 0. The Morgan fingerprint density at radius 2 is 1.26 bits per heavy atom. The number of rotatable bonds is 6. The molecule has 2 aliphatic heterocycles. The minimum atomic E-state index is -0.290. The Morgan fingerprint density at radius 3 is 2.03 bits per heavy atom. The van der Waals surface area contributed by atoms with Gasteiger partial charge < -0.3 is 18.8 Å². The number of aromatic nitrogens is 3. The zero-order valence-corrected chi connectivity index (χ0v) is 33.7.